The van der Waals surface area contributed by atoms with Crippen molar-refractivity contribution in [2.45, 2.75) is 32.7 Å². The Morgan fingerprint density at radius 2 is 1.90 bits per heavy atom. The molecule has 198 valence electrons. The maximum absolute atomic E-state index is 13.5. The van der Waals surface area contributed by atoms with E-state index in [4.69, 9.17) is 22.1 Å². The Morgan fingerprint density at radius 3 is 2.54 bits per heavy atom. The molecule has 1 unspecified atom stereocenters. The quantitative estimate of drug-likeness (QED) is 0.168. The van der Waals surface area contributed by atoms with Crippen LogP contribution in [-0.4, -0.2) is 48.5 Å². The van der Waals surface area contributed by atoms with Gasteiger partial charge in [-0.05, 0) is 35.6 Å². The molecule has 11 nitrogen and oxygen atoms in total. The summed E-state index contributed by atoms with van der Waals surface area (Å²) in [5.74, 6) is 0.498. The van der Waals surface area contributed by atoms with Crippen LogP contribution in [0.15, 0.2) is 53.9 Å². The summed E-state index contributed by atoms with van der Waals surface area (Å²) in [6, 6.07) is 7.94. The molecule has 1 aromatic heterocycles. The highest BCUT2D eigenvalue weighted by molar-refractivity contribution is 6.34. The van der Waals surface area contributed by atoms with Crippen LogP contribution in [0.3, 0.4) is 0 Å². The molecule has 5 rings (SSSR count). The highest BCUT2D eigenvalue weighted by atomic mass is 16.6. The van der Waals surface area contributed by atoms with Crippen LogP contribution in [0, 0.1) is 15.5 Å². The Hall–Kier alpha value is -4.61. The fourth-order valence-electron chi connectivity index (χ4n) is 5.14. The van der Waals surface area contributed by atoms with E-state index < -0.39 is 16.9 Å². The summed E-state index contributed by atoms with van der Waals surface area (Å²) in [4.78, 5) is 37.1. The number of anilines is 1. The number of aromatic nitrogens is 2. The second kappa shape index (κ2) is 9.61. The van der Waals surface area contributed by atoms with Gasteiger partial charge in [0, 0.05) is 29.8 Å². The summed E-state index contributed by atoms with van der Waals surface area (Å²) in [5, 5.41) is 18.7. The summed E-state index contributed by atoms with van der Waals surface area (Å²) < 4.78 is 17.9. The van der Waals surface area contributed by atoms with Crippen LogP contribution in [0.2, 0.25) is 0 Å². The number of fused-ring (bicyclic) bond motifs is 1. The maximum Gasteiger partial charge on any atom is 0.348 e. The van der Waals surface area contributed by atoms with Crippen molar-refractivity contribution in [2.24, 2.45) is 5.41 Å². The fraction of sp³-hybridized carbons (Fsp3) is 0.296. The van der Waals surface area contributed by atoms with Gasteiger partial charge in [-0.25, -0.2) is 9.48 Å². The zero-order valence-electron chi connectivity index (χ0n) is 21.8. The Kier molecular flexibility index (Phi) is 6.41. The van der Waals surface area contributed by atoms with Gasteiger partial charge in [0.2, 0.25) is 0 Å². The average Bonchev–Trinajstić information content (AvgIpc) is 3.30. The van der Waals surface area contributed by atoms with Crippen molar-refractivity contribution in [3.05, 3.63) is 75.1 Å². The second-order valence-electron chi connectivity index (χ2n) is 10.2. The molecule has 2 aliphatic rings. The Labute approximate surface area is 225 Å². The minimum Gasteiger partial charge on any atom is -0.493 e. The number of methoxy groups -OCH3 is 2. The van der Waals surface area contributed by atoms with E-state index in [-0.39, 0.29) is 28.2 Å². The highest BCUT2D eigenvalue weighted by Crippen LogP contribution is 2.47. The van der Waals surface area contributed by atoms with Crippen molar-refractivity contribution in [3.8, 4) is 17.2 Å². The molecular formula is C27H25BN4O7. The van der Waals surface area contributed by atoms with Crippen molar-refractivity contribution in [2.75, 3.05) is 19.5 Å². The molecule has 3 aromatic rings. The largest absolute Gasteiger partial charge is 0.493 e. The maximum atomic E-state index is 13.5. The number of ether oxygens (including phenoxy) is 3. The first-order chi connectivity index (χ1) is 18.5. The average molecular weight is 528 g/mol. The van der Waals surface area contributed by atoms with E-state index in [1.807, 2.05) is 13.8 Å². The number of rotatable bonds is 6. The van der Waals surface area contributed by atoms with Crippen molar-refractivity contribution >= 4 is 36.6 Å². The summed E-state index contributed by atoms with van der Waals surface area (Å²) >= 11 is 0. The molecule has 1 atom stereocenters. The summed E-state index contributed by atoms with van der Waals surface area (Å²) in [6.45, 7) is 4.02. The van der Waals surface area contributed by atoms with Crippen LogP contribution >= 0.6 is 0 Å². The SMILES string of the molecule is [B]c1cc(C2C3=C(CC(C)(C)CC3=O)Nc3c(C(=O)Oc4ccc([N+](=O)[O-])cc4)cnn32)cc(OC)c1OC. The lowest BCUT2D eigenvalue weighted by atomic mass is 9.72. The Bertz CT molecular complexity index is 1540. The predicted octanol–water partition coefficient (Wildman–Crippen LogP) is 3.48. The van der Waals surface area contributed by atoms with Crippen molar-refractivity contribution in [1.82, 2.24) is 9.78 Å². The number of nitro benzene ring substituents is 1. The number of allylic oxidation sites excluding steroid dienone is 2. The van der Waals surface area contributed by atoms with Crippen molar-refractivity contribution < 1.29 is 28.7 Å². The number of carbonyl (C=O) groups is 2. The molecule has 0 amide bonds. The third kappa shape index (κ3) is 4.62. The van der Waals surface area contributed by atoms with Gasteiger partial charge in [-0.15, -0.1) is 0 Å². The minimum absolute atomic E-state index is 0.0386. The van der Waals surface area contributed by atoms with E-state index in [1.165, 1.54) is 44.7 Å². The van der Waals surface area contributed by atoms with Gasteiger partial charge in [0.15, 0.2) is 17.3 Å². The number of Topliss-reactive ketones (excluding diaryl/α,β-unsaturated/α-hetero) is 1. The lowest BCUT2D eigenvalue weighted by Crippen LogP contribution is -2.37. The number of ketones is 1. The van der Waals surface area contributed by atoms with E-state index >= 15 is 0 Å². The zero-order chi connectivity index (χ0) is 28.1. The fourth-order valence-corrected chi connectivity index (χ4v) is 5.14. The summed E-state index contributed by atoms with van der Waals surface area (Å²) in [5.41, 5.74) is 1.88. The molecule has 1 aliphatic heterocycles. The van der Waals surface area contributed by atoms with Gasteiger partial charge >= 0.3 is 5.97 Å². The molecular weight excluding hydrogens is 503 g/mol. The second-order valence-corrected chi connectivity index (χ2v) is 10.2. The number of carbonyl (C=O) groups excluding carboxylic acids is 2. The van der Waals surface area contributed by atoms with Gasteiger partial charge in [-0.2, -0.15) is 5.10 Å². The van der Waals surface area contributed by atoms with Crippen molar-refractivity contribution in [3.63, 3.8) is 0 Å². The molecule has 0 spiro atoms. The van der Waals surface area contributed by atoms with Crippen LogP contribution in [0.1, 0.15) is 48.7 Å². The molecule has 2 aromatic carbocycles. The van der Waals surface area contributed by atoms with Gasteiger partial charge in [0.1, 0.15) is 31.0 Å². The molecule has 0 bridgehead atoms. The van der Waals surface area contributed by atoms with E-state index in [9.17, 15) is 19.7 Å². The number of benzene rings is 2. The Balaban J connectivity index is 1.60. The normalized spacial score (nSPS) is 17.5. The van der Waals surface area contributed by atoms with Gasteiger partial charge in [0.05, 0.1) is 25.3 Å². The summed E-state index contributed by atoms with van der Waals surface area (Å²) in [6.07, 6.45) is 2.27. The Morgan fingerprint density at radius 1 is 1.18 bits per heavy atom. The molecule has 2 heterocycles. The molecule has 1 N–H and O–H groups in total. The number of nitro groups is 1. The van der Waals surface area contributed by atoms with E-state index in [2.05, 4.69) is 10.4 Å². The topological polar surface area (TPSA) is 135 Å². The van der Waals surface area contributed by atoms with Crippen LogP contribution in [-0.2, 0) is 4.79 Å². The molecule has 2 radical (unpaired) electrons. The first-order valence-electron chi connectivity index (χ1n) is 12.1. The van der Waals surface area contributed by atoms with Gasteiger partial charge in [-0.1, -0.05) is 25.4 Å². The number of nitrogens with zero attached hydrogens (tertiary/aromatic N) is 3. The van der Waals surface area contributed by atoms with Gasteiger partial charge in [0.25, 0.3) is 5.69 Å². The lowest BCUT2D eigenvalue weighted by Gasteiger charge is -2.39. The summed E-state index contributed by atoms with van der Waals surface area (Å²) in [7, 11) is 9.26. The third-order valence-electron chi connectivity index (χ3n) is 6.83. The minimum atomic E-state index is -0.714. The van der Waals surface area contributed by atoms with Crippen LogP contribution in [0.25, 0.3) is 0 Å². The first kappa shape index (κ1) is 26.0. The molecule has 0 saturated heterocycles. The molecule has 0 fully saturated rings. The number of esters is 1. The van der Waals surface area contributed by atoms with E-state index in [0.29, 0.717) is 52.5 Å². The van der Waals surface area contributed by atoms with Gasteiger partial charge in [-0.3, -0.25) is 14.9 Å². The number of hydrogen-bond acceptors (Lipinski definition) is 9. The smallest absolute Gasteiger partial charge is 0.348 e. The predicted molar refractivity (Wildman–Crippen MR) is 142 cm³/mol. The monoisotopic (exact) mass is 528 g/mol. The van der Waals surface area contributed by atoms with Crippen LogP contribution in [0.4, 0.5) is 11.5 Å². The zero-order valence-corrected chi connectivity index (χ0v) is 21.8. The lowest BCUT2D eigenvalue weighted by molar-refractivity contribution is -0.384. The number of nitrogens with one attached hydrogen (secondary N) is 1. The van der Waals surface area contributed by atoms with Crippen LogP contribution < -0.4 is 25.0 Å². The molecule has 12 heteroatoms. The standard InChI is InChI=1S/C27H25BN4O7/c1-27(2)11-19-22(20(33)12-27)23(14-9-18(28)24(38-4)21(10-14)37-3)31-25(30-19)17(13-29-31)26(34)39-16-7-5-15(6-8-16)32(35)36/h5-10,13,23,30H,11-12H2,1-4H3. The van der Waals surface area contributed by atoms with Gasteiger partial charge < -0.3 is 19.5 Å². The number of hydrogen-bond donors (Lipinski definition) is 1. The van der Waals surface area contributed by atoms with E-state index in [1.54, 1.807) is 16.8 Å². The van der Waals surface area contributed by atoms with Crippen molar-refractivity contribution in [1.29, 1.82) is 0 Å². The van der Waals surface area contributed by atoms with Crippen LogP contribution in [0.5, 0.6) is 17.2 Å². The highest BCUT2D eigenvalue weighted by Gasteiger charge is 2.42. The first-order valence-corrected chi connectivity index (χ1v) is 12.1. The molecule has 0 saturated carbocycles. The molecule has 39 heavy (non-hydrogen) atoms. The number of non-ortho nitro benzene ring substituents is 1. The third-order valence-corrected chi connectivity index (χ3v) is 6.83. The molecule has 1 aliphatic carbocycles. The van der Waals surface area contributed by atoms with E-state index in [0.717, 1.165) is 0 Å².